The van der Waals surface area contributed by atoms with Crippen LogP contribution in [0.4, 0.5) is 0 Å². The molecule has 0 aliphatic carbocycles. The summed E-state index contributed by atoms with van der Waals surface area (Å²) in [4.78, 5) is 11.8. The lowest BCUT2D eigenvalue weighted by molar-refractivity contribution is -0.124. The Hall–Kier alpha value is -1.43. The number of carbonyl (C=O) groups excluding carboxylic acids is 1. The molecule has 2 unspecified atom stereocenters. The molecule has 0 saturated carbocycles. The normalized spacial score (nSPS) is 13.8. The van der Waals surface area contributed by atoms with E-state index in [1.165, 1.54) is 7.11 Å². The topological polar surface area (TPSA) is 84.6 Å². The number of methoxy groups -OCH3 is 1. The van der Waals surface area contributed by atoms with Crippen LogP contribution in [0.1, 0.15) is 12.0 Å². The Morgan fingerprint density at radius 1 is 1.42 bits per heavy atom. The molecule has 106 valence electrons. The first-order valence-electron chi connectivity index (χ1n) is 6.36. The monoisotopic (exact) mass is 266 g/mol. The maximum Gasteiger partial charge on any atom is 0.222 e. The predicted octanol–water partition coefficient (Wildman–Crippen LogP) is 0.0700. The van der Waals surface area contributed by atoms with Crippen LogP contribution in [0.2, 0.25) is 0 Å². The lowest BCUT2D eigenvalue weighted by Crippen LogP contribution is -2.41. The second kappa shape index (κ2) is 8.63. The van der Waals surface area contributed by atoms with Gasteiger partial charge in [0, 0.05) is 13.7 Å². The molecule has 0 radical (unpaired) electrons. The largest absolute Gasteiger partial charge is 0.394 e. The van der Waals surface area contributed by atoms with Crippen LogP contribution in [0, 0.1) is 0 Å². The van der Waals surface area contributed by atoms with Gasteiger partial charge in [-0.25, -0.2) is 0 Å². The molecule has 1 rings (SSSR count). The summed E-state index contributed by atoms with van der Waals surface area (Å²) in [6, 6.07) is 9.44. The molecule has 0 aliphatic rings. The Bertz CT molecular complexity index is 366. The standard InChI is InChI=1S/C14H22N2O3/c1-19-13(9-15)8-14(18)16-12(10-17)7-11-5-3-2-4-6-11/h2-6,12-13,17H,7-10,15H2,1H3,(H,16,18). The molecule has 0 bridgehead atoms. The Labute approximate surface area is 113 Å². The number of aliphatic hydroxyl groups is 1. The minimum absolute atomic E-state index is 0.0963. The van der Waals surface area contributed by atoms with Gasteiger partial charge in [-0.3, -0.25) is 4.79 Å². The molecule has 5 heteroatoms. The molecule has 0 fully saturated rings. The van der Waals surface area contributed by atoms with Crippen LogP contribution >= 0.6 is 0 Å². The van der Waals surface area contributed by atoms with Gasteiger partial charge in [-0.05, 0) is 12.0 Å². The molecule has 5 nitrogen and oxygen atoms in total. The van der Waals surface area contributed by atoms with Crippen molar-refractivity contribution < 1.29 is 14.6 Å². The molecule has 1 aromatic carbocycles. The van der Waals surface area contributed by atoms with Crippen LogP contribution in [0.5, 0.6) is 0 Å². The predicted molar refractivity (Wildman–Crippen MR) is 73.6 cm³/mol. The van der Waals surface area contributed by atoms with Gasteiger partial charge in [0.15, 0.2) is 0 Å². The minimum Gasteiger partial charge on any atom is -0.394 e. The SMILES string of the molecule is COC(CN)CC(=O)NC(CO)Cc1ccccc1. The van der Waals surface area contributed by atoms with Crippen LogP contribution in [-0.4, -0.2) is 43.4 Å². The molecular weight excluding hydrogens is 244 g/mol. The van der Waals surface area contributed by atoms with E-state index >= 15 is 0 Å². The highest BCUT2D eigenvalue weighted by Gasteiger charge is 2.15. The van der Waals surface area contributed by atoms with Crippen molar-refractivity contribution in [3.8, 4) is 0 Å². The second-order valence-corrected chi connectivity index (χ2v) is 4.43. The molecule has 1 aromatic rings. The highest BCUT2D eigenvalue weighted by Crippen LogP contribution is 2.04. The van der Waals surface area contributed by atoms with Crippen LogP contribution in [-0.2, 0) is 16.0 Å². The van der Waals surface area contributed by atoms with E-state index in [4.69, 9.17) is 10.5 Å². The molecule has 19 heavy (non-hydrogen) atoms. The smallest absolute Gasteiger partial charge is 0.222 e. The van der Waals surface area contributed by atoms with Crippen molar-refractivity contribution in [2.45, 2.75) is 25.0 Å². The highest BCUT2D eigenvalue weighted by molar-refractivity contribution is 5.76. The summed E-state index contributed by atoms with van der Waals surface area (Å²) in [6.45, 7) is 0.202. The van der Waals surface area contributed by atoms with Gasteiger partial charge in [0.2, 0.25) is 5.91 Å². The number of rotatable bonds is 8. The van der Waals surface area contributed by atoms with Gasteiger partial charge in [0.25, 0.3) is 0 Å². The number of nitrogens with two attached hydrogens (primary N) is 1. The van der Waals surface area contributed by atoms with Gasteiger partial charge in [0.05, 0.1) is 25.2 Å². The Morgan fingerprint density at radius 3 is 2.63 bits per heavy atom. The first kappa shape index (κ1) is 15.6. The number of aliphatic hydroxyl groups excluding tert-OH is 1. The molecule has 1 amide bonds. The molecule has 0 heterocycles. The summed E-state index contributed by atoms with van der Waals surface area (Å²) in [7, 11) is 1.53. The Morgan fingerprint density at radius 2 is 2.11 bits per heavy atom. The summed E-state index contributed by atoms with van der Waals surface area (Å²) in [5.74, 6) is -0.160. The van der Waals surface area contributed by atoms with E-state index in [0.717, 1.165) is 5.56 Å². The summed E-state index contributed by atoms with van der Waals surface area (Å²) in [5.41, 5.74) is 6.54. The summed E-state index contributed by atoms with van der Waals surface area (Å²) >= 11 is 0. The first-order valence-corrected chi connectivity index (χ1v) is 6.36. The molecule has 0 saturated heterocycles. The maximum atomic E-state index is 11.8. The van der Waals surface area contributed by atoms with E-state index < -0.39 is 0 Å². The quantitative estimate of drug-likeness (QED) is 0.621. The summed E-state index contributed by atoms with van der Waals surface area (Å²) in [6.07, 6.45) is 0.526. The van der Waals surface area contributed by atoms with Gasteiger partial charge in [-0.15, -0.1) is 0 Å². The molecule has 2 atom stereocenters. The fraction of sp³-hybridized carbons (Fsp3) is 0.500. The Balaban J connectivity index is 2.46. The van der Waals surface area contributed by atoms with Crippen molar-refractivity contribution in [1.29, 1.82) is 0 Å². The van der Waals surface area contributed by atoms with Crippen LogP contribution in [0.15, 0.2) is 30.3 Å². The van der Waals surface area contributed by atoms with Crippen molar-refractivity contribution in [3.63, 3.8) is 0 Å². The number of benzene rings is 1. The third kappa shape index (κ3) is 5.83. The van der Waals surface area contributed by atoms with Gasteiger partial charge >= 0.3 is 0 Å². The highest BCUT2D eigenvalue weighted by atomic mass is 16.5. The van der Waals surface area contributed by atoms with E-state index in [0.29, 0.717) is 13.0 Å². The lowest BCUT2D eigenvalue weighted by Gasteiger charge is -2.18. The van der Waals surface area contributed by atoms with Crippen molar-refractivity contribution >= 4 is 5.91 Å². The molecular formula is C14H22N2O3. The van der Waals surface area contributed by atoms with Crippen LogP contribution in [0.25, 0.3) is 0 Å². The number of carbonyl (C=O) groups is 1. The average molecular weight is 266 g/mol. The van der Waals surface area contributed by atoms with Crippen molar-refractivity contribution in [2.24, 2.45) is 5.73 Å². The number of nitrogens with one attached hydrogen (secondary N) is 1. The van der Waals surface area contributed by atoms with Crippen molar-refractivity contribution in [2.75, 3.05) is 20.3 Å². The van der Waals surface area contributed by atoms with Gasteiger partial charge in [-0.1, -0.05) is 30.3 Å². The summed E-state index contributed by atoms with van der Waals surface area (Å²) < 4.78 is 5.06. The van der Waals surface area contributed by atoms with Gasteiger partial charge in [-0.2, -0.15) is 0 Å². The number of ether oxygens (including phenoxy) is 1. The van der Waals surface area contributed by atoms with Gasteiger partial charge < -0.3 is 20.9 Å². The zero-order valence-corrected chi connectivity index (χ0v) is 11.2. The molecule has 0 spiro atoms. The molecule has 0 aromatic heterocycles. The fourth-order valence-corrected chi connectivity index (χ4v) is 1.82. The zero-order valence-electron chi connectivity index (χ0n) is 11.2. The van der Waals surface area contributed by atoms with Crippen LogP contribution in [0.3, 0.4) is 0 Å². The molecule has 0 aliphatic heterocycles. The molecule has 4 N–H and O–H groups in total. The third-order valence-electron chi connectivity index (χ3n) is 2.92. The lowest BCUT2D eigenvalue weighted by atomic mass is 10.1. The van der Waals surface area contributed by atoms with Crippen LogP contribution < -0.4 is 11.1 Å². The first-order chi connectivity index (χ1) is 9.19. The van der Waals surface area contributed by atoms with Crippen molar-refractivity contribution in [1.82, 2.24) is 5.32 Å². The second-order valence-electron chi connectivity index (χ2n) is 4.43. The fourth-order valence-electron chi connectivity index (χ4n) is 1.82. The average Bonchev–Trinajstić information content (AvgIpc) is 2.45. The van der Waals surface area contributed by atoms with E-state index in [1.807, 2.05) is 30.3 Å². The number of amides is 1. The van der Waals surface area contributed by atoms with E-state index in [-0.39, 0.29) is 31.1 Å². The minimum atomic E-state index is -0.287. The van der Waals surface area contributed by atoms with E-state index in [9.17, 15) is 9.90 Å². The third-order valence-corrected chi connectivity index (χ3v) is 2.92. The zero-order chi connectivity index (χ0) is 14.1. The van der Waals surface area contributed by atoms with Gasteiger partial charge in [0.1, 0.15) is 0 Å². The number of hydrogen-bond acceptors (Lipinski definition) is 4. The maximum absolute atomic E-state index is 11.8. The number of hydrogen-bond donors (Lipinski definition) is 3. The Kier molecular flexibility index (Phi) is 7.10. The summed E-state index contributed by atoms with van der Waals surface area (Å²) in [5, 5.41) is 12.1. The van der Waals surface area contributed by atoms with Crippen molar-refractivity contribution in [3.05, 3.63) is 35.9 Å². The van der Waals surface area contributed by atoms with E-state index in [1.54, 1.807) is 0 Å². The van der Waals surface area contributed by atoms with E-state index in [2.05, 4.69) is 5.32 Å².